The summed E-state index contributed by atoms with van der Waals surface area (Å²) in [4.78, 5) is 11.9. The zero-order valence-electron chi connectivity index (χ0n) is 13.4. The number of carbonyl (C=O) groups is 1. The van der Waals surface area contributed by atoms with Gasteiger partial charge in [0.15, 0.2) is 17.3 Å². The summed E-state index contributed by atoms with van der Waals surface area (Å²) in [6, 6.07) is 5.70. The lowest BCUT2D eigenvalue weighted by atomic mass is 10.0. The zero-order chi connectivity index (χ0) is 17.1. The molecule has 1 aliphatic heterocycles. The Kier molecular flexibility index (Phi) is 4.67. The van der Waals surface area contributed by atoms with Crippen molar-refractivity contribution in [3.05, 3.63) is 35.0 Å². The van der Waals surface area contributed by atoms with Crippen LogP contribution in [-0.4, -0.2) is 35.6 Å². The van der Waals surface area contributed by atoms with Crippen LogP contribution in [0.2, 0.25) is 0 Å². The highest BCUT2D eigenvalue weighted by molar-refractivity contribution is 8.00. The predicted molar refractivity (Wildman–Crippen MR) is 93.6 cm³/mol. The number of methoxy groups -OCH3 is 1. The Balaban J connectivity index is 2.00. The molecule has 0 aliphatic carbocycles. The van der Waals surface area contributed by atoms with Crippen molar-refractivity contribution in [3.8, 4) is 23.8 Å². The number of hydrogen-bond donors (Lipinski definition) is 2. The first-order valence-electron chi connectivity index (χ1n) is 7.34. The Bertz CT molecular complexity index is 810. The maximum absolute atomic E-state index is 11.9. The fourth-order valence-electron chi connectivity index (χ4n) is 2.61. The highest BCUT2D eigenvalue weighted by atomic mass is 32.2. The van der Waals surface area contributed by atoms with Gasteiger partial charge in [-0.15, -0.1) is 18.2 Å². The number of aromatic amines is 1. The van der Waals surface area contributed by atoms with Gasteiger partial charge in [-0.3, -0.25) is 9.89 Å². The Morgan fingerprint density at radius 1 is 1.46 bits per heavy atom. The normalized spacial score (nSPS) is 16.5. The van der Waals surface area contributed by atoms with Crippen molar-refractivity contribution in [2.45, 2.75) is 12.2 Å². The van der Waals surface area contributed by atoms with Crippen LogP contribution in [0.15, 0.2) is 18.2 Å². The van der Waals surface area contributed by atoms with E-state index in [0.29, 0.717) is 23.1 Å². The number of hydrogen-bond acceptors (Lipinski definition) is 5. The average Bonchev–Trinajstić information content (AvgIpc) is 2.84. The summed E-state index contributed by atoms with van der Waals surface area (Å²) in [7, 11) is 1.59. The highest BCUT2D eigenvalue weighted by Crippen LogP contribution is 2.44. The molecular formula is C17H17N3O3S. The van der Waals surface area contributed by atoms with E-state index in [1.54, 1.807) is 18.9 Å². The molecule has 24 heavy (non-hydrogen) atoms. The second kappa shape index (κ2) is 6.89. The summed E-state index contributed by atoms with van der Waals surface area (Å²) in [5, 5.41) is 9.93. The average molecular weight is 343 g/mol. The lowest BCUT2D eigenvalue weighted by molar-refractivity contribution is -0.113. The van der Waals surface area contributed by atoms with Crippen LogP contribution in [0, 0.1) is 19.3 Å². The van der Waals surface area contributed by atoms with Gasteiger partial charge in [0.1, 0.15) is 6.61 Å². The van der Waals surface area contributed by atoms with Crippen molar-refractivity contribution in [1.29, 1.82) is 0 Å². The zero-order valence-corrected chi connectivity index (χ0v) is 14.2. The standard InChI is InChI=1S/C17H17N3O3S/c1-4-7-23-12-6-5-11(8-13(12)22-3)16-15-10(2)19-20-17(15)18-14(21)9-24-16/h1,5-6,8,16H,7,9H2,2-3H3,(H2,18,19,20,21)/t16-/m0/s1. The maximum Gasteiger partial charge on any atom is 0.235 e. The number of anilines is 1. The van der Waals surface area contributed by atoms with Gasteiger partial charge >= 0.3 is 0 Å². The fourth-order valence-corrected chi connectivity index (χ4v) is 3.80. The monoisotopic (exact) mass is 343 g/mol. The summed E-state index contributed by atoms with van der Waals surface area (Å²) >= 11 is 1.55. The molecule has 0 bridgehead atoms. The van der Waals surface area contributed by atoms with Gasteiger partial charge in [0.05, 0.1) is 18.1 Å². The maximum atomic E-state index is 11.9. The molecule has 0 saturated heterocycles. The number of H-pyrrole nitrogens is 1. The number of nitrogens with zero attached hydrogens (tertiary/aromatic N) is 1. The van der Waals surface area contributed by atoms with Gasteiger partial charge in [-0.1, -0.05) is 12.0 Å². The van der Waals surface area contributed by atoms with E-state index >= 15 is 0 Å². The molecule has 2 aromatic rings. The summed E-state index contributed by atoms with van der Waals surface area (Å²) in [6.45, 7) is 2.12. The minimum absolute atomic E-state index is 0.0340. The van der Waals surface area contributed by atoms with Crippen LogP contribution in [0.4, 0.5) is 5.82 Å². The Hall–Kier alpha value is -2.59. The third-order valence-electron chi connectivity index (χ3n) is 3.70. The lowest BCUT2D eigenvalue weighted by Gasteiger charge is -2.17. The third kappa shape index (κ3) is 3.05. The van der Waals surface area contributed by atoms with Crippen LogP contribution >= 0.6 is 11.8 Å². The lowest BCUT2D eigenvalue weighted by Crippen LogP contribution is -2.12. The third-order valence-corrected chi connectivity index (χ3v) is 4.97. The van der Waals surface area contributed by atoms with Crippen LogP contribution in [0.25, 0.3) is 0 Å². The van der Waals surface area contributed by atoms with Crippen molar-refractivity contribution < 1.29 is 14.3 Å². The first kappa shape index (κ1) is 16.3. The fraction of sp³-hybridized carbons (Fsp3) is 0.294. The quantitative estimate of drug-likeness (QED) is 0.834. The molecule has 2 heterocycles. The van der Waals surface area contributed by atoms with E-state index in [9.17, 15) is 4.79 Å². The van der Waals surface area contributed by atoms with Crippen molar-refractivity contribution in [2.75, 3.05) is 24.8 Å². The molecule has 1 aromatic carbocycles. The topological polar surface area (TPSA) is 76.2 Å². The molecule has 1 atom stereocenters. The largest absolute Gasteiger partial charge is 0.493 e. The number of aromatic nitrogens is 2. The molecule has 0 fully saturated rings. The van der Waals surface area contributed by atoms with Crippen LogP contribution in [0.1, 0.15) is 22.1 Å². The second-order valence-electron chi connectivity index (χ2n) is 5.25. The number of nitrogens with one attached hydrogen (secondary N) is 2. The number of amides is 1. The molecule has 6 nitrogen and oxygen atoms in total. The van der Waals surface area contributed by atoms with E-state index in [4.69, 9.17) is 15.9 Å². The van der Waals surface area contributed by atoms with Crippen LogP contribution in [0.5, 0.6) is 11.5 Å². The molecule has 0 saturated carbocycles. The summed E-state index contributed by atoms with van der Waals surface area (Å²) in [5.74, 6) is 4.52. The number of fused-ring (bicyclic) bond motifs is 1. The van der Waals surface area contributed by atoms with E-state index in [-0.39, 0.29) is 17.8 Å². The van der Waals surface area contributed by atoms with Crippen molar-refractivity contribution in [3.63, 3.8) is 0 Å². The number of rotatable bonds is 4. The molecule has 0 unspecified atom stereocenters. The molecule has 0 spiro atoms. The highest BCUT2D eigenvalue weighted by Gasteiger charge is 2.28. The van der Waals surface area contributed by atoms with Gasteiger partial charge in [0, 0.05) is 11.3 Å². The predicted octanol–water partition coefficient (Wildman–Crippen LogP) is 2.51. The van der Waals surface area contributed by atoms with Crippen molar-refractivity contribution >= 4 is 23.5 Å². The number of aryl methyl sites for hydroxylation is 1. The number of thioether (sulfide) groups is 1. The summed E-state index contributed by atoms with van der Waals surface area (Å²) < 4.78 is 10.9. The van der Waals surface area contributed by atoms with E-state index in [2.05, 4.69) is 21.4 Å². The molecule has 7 heteroatoms. The molecule has 124 valence electrons. The van der Waals surface area contributed by atoms with Crippen LogP contribution < -0.4 is 14.8 Å². The van der Waals surface area contributed by atoms with Crippen LogP contribution in [-0.2, 0) is 4.79 Å². The van der Waals surface area contributed by atoms with E-state index in [1.807, 2.05) is 25.1 Å². The van der Waals surface area contributed by atoms with Crippen molar-refractivity contribution in [1.82, 2.24) is 10.2 Å². The number of carbonyl (C=O) groups excluding carboxylic acids is 1. The van der Waals surface area contributed by atoms with Gasteiger partial charge < -0.3 is 14.8 Å². The minimum atomic E-state index is -0.0591. The summed E-state index contributed by atoms with van der Waals surface area (Å²) in [5.41, 5.74) is 2.91. The van der Waals surface area contributed by atoms with Gasteiger partial charge in [0.2, 0.25) is 5.91 Å². The van der Waals surface area contributed by atoms with E-state index < -0.39 is 0 Å². The number of ether oxygens (including phenoxy) is 2. The Morgan fingerprint density at radius 3 is 3.04 bits per heavy atom. The van der Waals surface area contributed by atoms with Crippen molar-refractivity contribution in [2.24, 2.45) is 0 Å². The summed E-state index contributed by atoms with van der Waals surface area (Å²) in [6.07, 6.45) is 5.23. The van der Waals surface area contributed by atoms with Gasteiger partial charge in [-0.2, -0.15) is 5.10 Å². The molecule has 3 rings (SSSR count). The molecule has 1 aliphatic rings. The first-order chi connectivity index (χ1) is 11.6. The minimum Gasteiger partial charge on any atom is -0.493 e. The van der Waals surface area contributed by atoms with Crippen LogP contribution in [0.3, 0.4) is 0 Å². The number of benzene rings is 1. The second-order valence-corrected chi connectivity index (χ2v) is 6.35. The van der Waals surface area contributed by atoms with E-state index in [0.717, 1.165) is 16.8 Å². The van der Waals surface area contributed by atoms with Gasteiger partial charge in [-0.05, 0) is 24.6 Å². The smallest absolute Gasteiger partial charge is 0.235 e. The molecular weight excluding hydrogens is 326 g/mol. The Morgan fingerprint density at radius 2 is 2.29 bits per heavy atom. The number of terminal acetylenes is 1. The molecule has 1 aromatic heterocycles. The molecule has 0 radical (unpaired) electrons. The first-order valence-corrected chi connectivity index (χ1v) is 8.39. The SMILES string of the molecule is C#CCOc1ccc([C@@H]2SCC(=O)Nc3n[nH]c(C)c32)cc1OC. The molecule has 1 amide bonds. The Labute approximate surface area is 144 Å². The molecule has 2 N–H and O–H groups in total. The van der Waals surface area contributed by atoms with E-state index in [1.165, 1.54) is 0 Å². The van der Waals surface area contributed by atoms with Gasteiger partial charge in [-0.25, -0.2) is 0 Å². The van der Waals surface area contributed by atoms with Gasteiger partial charge in [0.25, 0.3) is 0 Å².